The van der Waals surface area contributed by atoms with Gasteiger partial charge in [-0.1, -0.05) is 48.7 Å². The Labute approximate surface area is 226 Å². The van der Waals surface area contributed by atoms with Crippen molar-refractivity contribution in [2.45, 2.75) is 70.0 Å². The van der Waals surface area contributed by atoms with E-state index >= 15 is 0 Å². The summed E-state index contributed by atoms with van der Waals surface area (Å²) in [6.07, 6.45) is 13.5. The Kier molecular flexibility index (Phi) is 8.80. The van der Waals surface area contributed by atoms with Gasteiger partial charge >= 0.3 is 0 Å². The SMILES string of the molecule is C#Cc1ccc([C@H]2C=C(C(=O)N3CCC(N4CCCCC4)CC3)O[C@@H](OCc3ccc(CO)cc3)C2)cc1. The van der Waals surface area contributed by atoms with E-state index in [2.05, 4.69) is 10.8 Å². The molecule has 1 amide bonds. The fourth-order valence-electron chi connectivity index (χ4n) is 5.77. The van der Waals surface area contributed by atoms with Crippen LogP contribution in [-0.2, 0) is 27.5 Å². The standard InChI is InChI=1S/C32H38N2O4/c1-2-24-10-12-27(13-11-24)28-20-30(38-31(21-28)37-23-26-8-6-25(22-35)7-9-26)32(36)34-18-14-29(15-19-34)33-16-4-3-5-17-33/h1,6-13,20,28-29,31,35H,3-5,14-19,21-23H2/t28-,31+/m0/s1. The van der Waals surface area contributed by atoms with Gasteiger partial charge in [0.25, 0.3) is 5.91 Å². The summed E-state index contributed by atoms with van der Waals surface area (Å²) in [4.78, 5) is 18.2. The molecule has 0 bridgehead atoms. The van der Waals surface area contributed by atoms with E-state index in [-0.39, 0.29) is 18.4 Å². The Balaban J connectivity index is 1.27. The van der Waals surface area contributed by atoms with E-state index in [4.69, 9.17) is 15.9 Å². The van der Waals surface area contributed by atoms with Gasteiger partial charge in [0.05, 0.1) is 13.2 Å². The highest BCUT2D eigenvalue weighted by molar-refractivity contribution is 5.91. The third-order valence-corrected chi connectivity index (χ3v) is 8.07. The number of nitrogens with zero attached hydrogens (tertiary/aromatic N) is 2. The maximum atomic E-state index is 13.6. The number of hydrogen-bond donors (Lipinski definition) is 1. The number of benzene rings is 2. The first-order valence-corrected chi connectivity index (χ1v) is 13.9. The lowest BCUT2D eigenvalue weighted by molar-refractivity contribution is -0.157. The number of carbonyl (C=O) groups excluding carboxylic acids is 1. The van der Waals surface area contributed by atoms with Crippen LogP contribution in [0.4, 0.5) is 0 Å². The minimum atomic E-state index is -0.542. The zero-order chi connectivity index (χ0) is 26.3. The summed E-state index contributed by atoms with van der Waals surface area (Å²) < 4.78 is 12.3. The minimum absolute atomic E-state index is 0.0119. The van der Waals surface area contributed by atoms with Gasteiger partial charge in [-0.25, -0.2) is 0 Å². The second kappa shape index (κ2) is 12.6. The quantitative estimate of drug-likeness (QED) is 0.549. The molecule has 0 aromatic heterocycles. The molecule has 2 fully saturated rings. The van der Waals surface area contributed by atoms with Gasteiger partial charge in [-0.05, 0) is 73.7 Å². The van der Waals surface area contributed by atoms with Crippen LogP contribution in [0.2, 0.25) is 0 Å². The molecule has 3 heterocycles. The number of carbonyl (C=O) groups is 1. The highest BCUT2D eigenvalue weighted by atomic mass is 16.7. The third-order valence-electron chi connectivity index (χ3n) is 8.07. The van der Waals surface area contributed by atoms with Crippen molar-refractivity contribution in [1.29, 1.82) is 0 Å². The van der Waals surface area contributed by atoms with E-state index < -0.39 is 6.29 Å². The number of allylic oxidation sites excluding steroid dienone is 1. The number of piperidine rings is 2. The first-order valence-electron chi connectivity index (χ1n) is 13.9. The van der Waals surface area contributed by atoms with Crippen molar-refractivity contribution in [2.75, 3.05) is 26.2 Å². The molecule has 1 N–H and O–H groups in total. The van der Waals surface area contributed by atoms with Gasteiger partial charge in [0, 0.05) is 37.0 Å². The van der Waals surface area contributed by atoms with Gasteiger partial charge in [-0.3, -0.25) is 4.79 Å². The molecule has 200 valence electrons. The minimum Gasteiger partial charge on any atom is -0.459 e. The second-order valence-electron chi connectivity index (χ2n) is 10.6. The lowest BCUT2D eigenvalue weighted by Gasteiger charge is -2.40. The first-order chi connectivity index (χ1) is 18.6. The molecule has 0 aliphatic carbocycles. The molecule has 3 aliphatic heterocycles. The van der Waals surface area contributed by atoms with Crippen LogP contribution in [0, 0.1) is 12.3 Å². The molecular formula is C32H38N2O4. The van der Waals surface area contributed by atoms with E-state index in [9.17, 15) is 9.90 Å². The van der Waals surface area contributed by atoms with Crippen LogP contribution in [0.3, 0.4) is 0 Å². The number of rotatable bonds is 7. The maximum Gasteiger partial charge on any atom is 0.288 e. The predicted octanol–water partition coefficient (Wildman–Crippen LogP) is 4.57. The number of likely N-dealkylation sites (tertiary alicyclic amines) is 2. The molecule has 2 atom stereocenters. The Morgan fingerprint density at radius 3 is 2.32 bits per heavy atom. The summed E-state index contributed by atoms with van der Waals surface area (Å²) in [7, 11) is 0. The molecule has 0 radical (unpaired) electrons. The highest BCUT2D eigenvalue weighted by Gasteiger charge is 2.33. The Bertz CT molecular complexity index is 1140. The zero-order valence-corrected chi connectivity index (χ0v) is 22.1. The lowest BCUT2D eigenvalue weighted by atomic mass is 9.92. The van der Waals surface area contributed by atoms with Crippen LogP contribution in [0.1, 0.15) is 66.7 Å². The van der Waals surface area contributed by atoms with E-state index in [0.717, 1.165) is 48.2 Å². The van der Waals surface area contributed by atoms with Crippen LogP contribution >= 0.6 is 0 Å². The van der Waals surface area contributed by atoms with Crippen molar-refractivity contribution in [3.63, 3.8) is 0 Å². The Morgan fingerprint density at radius 2 is 1.66 bits per heavy atom. The molecule has 38 heavy (non-hydrogen) atoms. The molecule has 6 nitrogen and oxygen atoms in total. The van der Waals surface area contributed by atoms with Crippen molar-refractivity contribution in [3.05, 3.63) is 82.6 Å². The fraction of sp³-hybridized carbons (Fsp3) is 0.469. The third kappa shape index (κ3) is 6.47. The van der Waals surface area contributed by atoms with Crippen LogP contribution in [0.15, 0.2) is 60.4 Å². The number of terminal acetylenes is 1. The number of amides is 1. The lowest BCUT2D eigenvalue weighted by Crippen LogP contribution is -2.49. The Hall–Kier alpha value is -3.11. The van der Waals surface area contributed by atoms with Crippen LogP contribution in [0.5, 0.6) is 0 Å². The summed E-state index contributed by atoms with van der Waals surface area (Å²) in [5.41, 5.74) is 3.76. The summed E-state index contributed by atoms with van der Waals surface area (Å²) in [5, 5.41) is 9.30. The maximum absolute atomic E-state index is 13.6. The van der Waals surface area contributed by atoms with Crippen LogP contribution in [0.25, 0.3) is 0 Å². The molecule has 6 heteroatoms. The molecule has 5 rings (SSSR count). The van der Waals surface area contributed by atoms with Crippen molar-refractivity contribution in [1.82, 2.24) is 9.80 Å². The van der Waals surface area contributed by atoms with E-state index in [1.165, 1.54) is 32.4 Å². The predicted molar refractivity (Wildman–Crippen MR) is 147 cm³/mol. The fourth-order valence-corrected chi connectivity index (χ4v) is 5.77. The average Bonchev–Trinajstić information content (AvgIpc) is 3.00. The van der Waals surface area contributed by atoms with Crippen molar-refractivity contribution in [3.8, 4) is 12.3 Å². The summed E-state index contributed by atoms with van der Waals surface area (Å²) in [6.45, 7) is 4.26. The smallest absolute Gasteiger partial charge is 0.288 e. The topological polar surface area (TPSA) is 62.2 Å². The number of aliphatic hydroxyl groups is 1. The summed E-state index contributed by atoms with van der Waals surface area (Å²) in [5.74, 6) is 2.98. The number of hydrogen-bond acceptors (Lipinski definition) is 5. The van der Waals surface area contributed by atoms with Gasteiger partial charge in [-0.15, -0.1) is 6.42 Å². The molecule has 0 unspecified atom stereocenters. The van der Waals surface area contributed by atoms with E-state index in [1.54, 1.807) is 0 Å². The van der Waals surface area contributed by atoms with Gasteiger partial charge in [0.15, 0.2) is 5.76 Å². The zero-order valence-electron chi connectivity index (χ0n) is 22.1. The molecule has 3 aliphatic rings. The summed E-state index contributed by atoms with van der Waals surface area (Å²) in [6, 6.07) is 16.2. The molecule has 0 spiro atoms. The van der Waals surface area contributed by atoms with Gasteiger partial charge in [0.2, 0.25) is 6.29 Å². The van der Waals surface area contributed by atoms with Crippen LogP contribution < -0.4 is 0 Å². The molecule has 2 saturated heterocycles. The number of ether oxygens (including phenoxy) is 2. The first kappa shape index (κ1) is 26.5. The monoisotopic (exact) mass is 514 g/mol. The molecule has 2 aromatic rings. The second-order valence-corrected chi connectivity index (χ2v) is 10.6. The van der Waals surface area contributed by atoms with Gasteiger partial charge < -0.3 is 24.4 Å². The van der Waals surface area contributed by atoms with Crippen LogP contribution in [-0.4, -0.2) is 59.3 Å². The van der Waals surface area contributed by atoms with Crippen molar-refractivity contribution >= 4 is 5.91 Å². The molecule has 0 saturated carbocycles. The van der Waals surface area contributed by atoms with Crippen molar-refractivity contribution < 1.29 is 19.4 Å². The van der Waals surface area contributed by atoms with Gasteiger partial charge in [-0.2, -0.15) is 0 Å². The number of aliphatic hydroxyl groups excluding tert-OH is 1. The normalized spacial score (nSPS) is 22.8. The highest BCUT2D eigenvalue weighted by Crippen LogP contribution is 2.33. The summed E-state index contributed by atoms with van der Waals surface area (Å²) >= 11 is 0. The van der Waals surface area contributed by atoms with Crippen molar-refractivity contribution in [2.24, 2.45) is 0 Å². The average molecular weight is 515 g/mol. The van der Waals surface area contributed by atoms with Gasteiger partial charge in [0.1, 0.15) is 0 Å². The van der Waals surface area contributed by atoms with E-state index in [1.807, 2.05) is 59.5 Å². The molecular weight excluding hydrogens is 476 g/mol. The molecule has 2 aromatic carbocycles. The van der Waals surface area contributed by atoms with E-state index in [0.29, 0.717) is 24.8 Å². The Morgan fingerprint density at radius 1 is 0.974 bits per heavy atom. The largest absolute Gasteiger partial charge is 0.459 e.